The third kappa shape index (κ3) is 3.01. The summed E-state index contributed by atoms with van der Waals surface area (Å²) in [7, 11) is 0. The van der Waals surface area contributed by atoms with E-state index in [1.54, 1.807) is 0 Å². The molecule has 0 radical (unpaired) electrons. The summed E-state index contributed by atoms with van der Waals surface area (Å²) >= 11 is 0. The SMILES string of the molecule is CCc1ccc(C2=C/C(=C/c3ccc(C)cc3)C(=O)O2)cc1. The van der Waals surface area contributed by atoms with E-state index in [0.29, 0.717) is 11.3 Å². The van der Waals surface area contributed by atoms with Crippen LogP contribution in [0.1, 0.15) is 29.2 Å². The van der Waals surface area contributed by atoms with E-state index in [1.165, 1.54) is 11.1 Å². The zero-order valence-electron chi connectivity index (χ0n) is 12.8. The summed E-state index contributed by atoms with van der Waals surface area (Å²) in [6.07, 6.45) is 4.66. The second-order valence-corrected chi connectivity index (χ2v) is 5.46. The number of carbonyl (C=O) groups is 1. The molecule has 1 heterocycles. The van der Waals surface area contributed by atoms with Gasteiger partial charge in [0, 0.05) is 5.56 Å². The van der Waals surface area contributed by atoms with Crippen LogP contribution in [0.4, 0.5) is 0 Å². The lowest BCUT2D eigenvalue weighted by molar-refractivity contribution is -0.130. The van der Waals surface area contributed by atoms with Crippen LogP contribution in [0.15, 0.2) is 60.2 Å². The van der Waals surface area contributed by atoms with Crippen LogP contribution >= 0.6 is 0 Å². The first-order chi connectivity index (χ1) is 10.7. The predicted molar refractivity (Wildman–Crippen MR) is 89.0 cm³/mol. The van der Waals surface area contributed by atoms with Crippen molar-refractivity contribution in [1.82, 2.24) is 0 Å². The summed E-state index contributed by atoms with van der Waals surface area (Å²) in [4.78, 5) is 12.0. The van der Waals surface area contributed by atoms with Crippen LogP contribution in [0.25, 0.3) is 11.8 Å². The van der Waals surface area contributed by atoms with Crippen molar-refractivity contribution >= 4 is 17.8 Å². The van der Waals surface area contributed by atoms with Crippen molar-refractivity contribution in [2.24, 2.45) is 0 Å². The van der Waals surface area contributed by atoms with Gasteiger partial charge in [-0.15, -0.1) is 0 Å². The van der Waals surface area contributed by atoms with Crippen molar-refractivity contribution in [3.8, 4) is 0 Å². The van der Waals surface area contributed by atoms with Gasteiger partial charge in [-0.3, -0.25) is 0 Å². The second kappa shape index (κ2) is 6.02. The molecule has 1 aliphatic rings. The molecule has 2 heteroatoms. The number of hydrogen-bond donors (Lipinski definition) is 0. The molecule has 0 bridgehead atoms. The number of ether oxygens (including phenoxy) is 1. The fourth-order valence-corrected chi connectivity index (χ4v) is 2.38. The lowest BCUT2D eigenvalue weighted by Gasteiger charge is -2.02. The number of benzene rings is 2. The average molecular weight is 290 g/mol. The monoisotopic (exact) mass is 290 g/mol. The van der Waals surface area contributed by atoms with Gasteiger partial charge in [-0.2, -0.15) is 0 Å². The molecule has 22 heavy (non-hydrogen) atoms. The minimum Gasteiger partial charge on any atom is -0.422 e. The Hall–Kier alpha value is -2.61. The molecule has 0 fully saturated rings. The molecule has 110 valence electrons. The number of carbonyl (C=O) groups excluding carboxylic acids is 1. The van der Waals surface area contributed by atoms with E-state index in [9.17, 15) is 4.79 Å². The Labute approximate surface area is 130 Å². The molecule has 3 rings (SSSR count). The van der Waals surface area contributed by atoms with Gasteiger partial charge in [-0.25, -0.2) is 4.79 Å². The Morgan fingerprint density at radius 1 is 1.00 bits per heavy atom. The molecular formula is C20H18O2. The average Bonchev–Trinajstić information content (AvgIpc) is 2.91. The van der Waals surface area contributed by atoms with Crippen molar-refractivity contribution in [3.05, 3.63) is 82.4 Å². The molecule has 0 aliphatic carbocycles. The van der Waals surface area contributed by atoms with Crippen molar-refractivity contribution in [3.63, 3.8) is 0 Å². The maximum Gasteiger partial charge on any atom is 0.343 e. The number of rotatable bonds is 3. The van der Waals surface area contributed by atoms with Gasteiger partial charge >= 0.3 is 5.97 Å². The van der Waals surface area contributed by atoms with E-state index >= 15 is 0 Å². The Morgan fingerprint density at radius 3 is 2.32 bits per heavy atom. The zero-order chi connectivity index (χ0) is 15.5. The summed E-state index contributed by atoms with van der Waals surface area (Å²) < 4.78 is 5.38. The lowest BCUT2D eigenvalue weighted by atomic mass is 10.1. The molecule has 0 spiro atoms. The van der Waals surface area contributed by atoms with Gasteiger partial charge in [0.15, 0.2) is 0 Å². The first-order valence-electron chi connectivity index (χ1n) is 7.47. The maximum absolute atomic E-state index is 12.0. The molecule has 1 aliphatic heterocycles. The first kappa shape index (κ1) is 14.3. The predicted octanol–water partition coefficient (Wildman–Crippen LogP) is 4.54. The standard InChI is InChI=1S/C20H18O2/c1-3-15-8-10-17(11-9-15)19-13-18(20(21)22-19)12-16-6-4-14(2)5-7-16/h4-13H,3H2,1-2H3/b18-12-. The molecule has 0 saturated carbocycles. The summed E-state index contributed by atoms with van der Waals surface area (Å²) in [6.45, 7) is 4.16. The molecule has 0 aromatic heterocycles. The number of cyclic esters (lactones) is 1. The lowest BCUT2D eigenvalue weighted by Crippen LogP contribution is -1.97. The zero-order valence-corrected chi connectivity index (χ0v) is 12.8. The summed E-state index contributed by atoms with van der Waals surface area (Å²) in [5.74, 6) is 0.321. The van der Waals surface area contributed by atoms with Crippen molar-refractivity contribution in [2.75, 3.05) is 0 Å². The Balaban J connectivity index is 1.88. The van der Waals surface area contributed by atoms with Gasteiger partial charge in [0.25, 0.3) is 0 Å². The largest absolute Gasteiger partial charge is 0.422 e. The van der Waals surface area contributed by atoms with Gasteiger partial charge in [-0.05, 0) is 36.6 Å². The van der Waals surface area contributed by atoms with Crippen molar-refractivity contribution < 1.29 is 9.53 Å². The highest BCUT2D eigenvalue weighted by molar-refractivity contribution is 6.05. The number of aryl methyl sites for hydroxylation is 2. The molecule has 0 unspecified atom stereocenters. The van der Waals surface area contributed by atoms with E-state index in [4.69, 9.17) is 4.74 Å². The van der Waals surface area contributed by atoms with Crippen LogP contribution < -0.4 is 0 Å². The van der Waals surface area contributed by atoms with E-state index < -0.39 is 0 Å². The molecule has 2 aromatic carbocycles. The molecule has 0 atom stereocenters. The Bertz CT molecular complexity index is 747. The highest BCUT2D eigenvalue weighted by atomic mass is 16.5. The van der Waals surface area contributed by atoms with Crippen LogP contribution in [-0.4, -0.2) is 5.97 Å². The first-order valence-corrected chi connectivity index (χ1v) is 7.47. The van der Waals surface area contributed by atoms with Gasteiger partial charge < -0.3 is 4.74 Å². The van der Waals surface area contributed by atoms with Gasteiger partial charge in [0.05, 0.1) is 5.57 Å². The topological polar surface area (TPSA) is 26.3 Å². The van der Waals surface area contributed by atoms with Crippen LogP contribution in [-0.2, 0) is 16.0 Å². The van der Waals surface area contributed by atoms with E-state index in [0.717, 1.165) is 17.5 Å². The van der Waals surface area contributed by atoms with Crippen LogP contribution in [0, 0.1) is 6.92 Å². The summed E-state index contributed by atoms with van der Waals surface area (Å²) in [5.41, 5.74) is 4.97. The van der Waals surface area contributed by atoms with Crippen LogP contribution in [0.3, 0.4) is 0 Å². The molecule has 0 amide bonds. The fourth-order valence-electron chi connectivity index (χ4n) is 2.38. The normalized spacial score (nSPS) is 15.8. The highest BCUT2D eigenvalue weighted by Crippen LogP contribution is 2.27. The maximum atomic E-state index is 12.0. The molecule has 0 saturated heterocycles. The minimum atomic E-state index is -0.296. The van der Waals surface area contributed by atoms with Crippen LogP contribution in [0.2, 0.25) is 0 Å². The van der Waals surface area contributed by atoms with E-state index in [1.807, 2.05) is 55.5 Å². The number of hydrogen-bond acceptors (Lipinski definition) is 2. The summed E-state index contributed by atoms with van der Waals surface area (Å²) in [6, 6.07) is 16.2. The Kier molecular flexibility index (Phi) is 3.92. The van der Waals surface area contributed by atoms with Gasteiger partial charge in [-0.1, -0.05) is 61.0 Å². The Morgan fingerprint density at radius 2 is 1.68 bits per heavy atom. The summed E-state index contributed by atoms with van der Waals surface area (Å²) in [5, 5.41) is 0. The van der Waals surface area contributed by atoms with Gasteiger partial charge in [0.2, 0.25) is 0 Å². The van der Waals surface area contributed by atoms with Crippen LogP contribution in [0.5, 0.6) is 0 Å². The minimum absolute atomic E-state index is 0.296. The molecular weight excluding hydrogens is 272 g/mol. The van der Waals surface area contributed by atoms with Crippen molar-refractivity contribution in [2.45, 2.75) is 20.3 Å². The van der Waals surface area contributed by atoms with E-state index in [-0.39, 0.29) is 5.97 Å². The smallest absolute Gasteiger partial charge is 0.343 e. The fraction of sp³-hybridized carbons (Fsp3) is 0.150. The van der Waals surface area contributed by atoms with E-state index in [2.05, 4.69) is 19.1 Å². The quantitative estimate of drug-likeness (QED) is 0.613. The molecule has 0 N–H and O–H groups in total. The third-order valence-electron chi connectivity index (χ3n) is 3.77. The third-order valence-corrected chi connectivity index (χ3v) is 3.77. The number of esters is 1. The molecule has 2 aromatic rings. The second-order valence-electron chi connectivity index (χ2n) is 5.46. The van der Waals surface area contributed by atoms with Crippen molar-refractivity contribution in [1.29, 1.82) is 0 Å². The van der Waals surface area contributed by atoms with Gasteiger partial charge in [0.1, 0.15) is 5.76 Å². The highest BCUT2D eigenvalue weighted by Gasteiger charge is 2.21. The molecule has 2 nitrogen and oxygen atoms in total.